The van der Waals surface area contributed by atoms with Crippen molar-refractivity contribution < 1.29 is 13.2 Å². The maximum absolute atomic E-state index is 13.2. The summed E-state index contributed by atoms with van der Waals surface area (Å²) in [5.74, 6) is 0.879. The van der Waals surface area contributed by atoms with Crippen LogP contribution in [0.2, 0.25) is 0 Å². The molecule has 1 aliphatic rings. The molecule has 5 nitrogen and oxygen atoms in total. The van der Waals surface area contributed by atoms with Crippen LogP contribution in [0, 0.1) is 6.92 Å². The van der Waals surface area contributed by atoms with Crippen molar-refractivity contribution in [3.63, 3.8) is 0 Å². The zero-order valence-electron chi connectivity index (χ0n) is 15.6. The number of rotatable bonds is 4. The third kappa shape index (κ3) is 3.35. The summed E-state index contributed by atoms with van der Waals surface area (Å²) < 4.78 is 33.2. The highest BCUT2D eigenvalue weighted by molar-refractivity contribution is 7.89. The highest BCUT2D eigenvalue weighted by Crippen LogP contribution is 2.32. The van der Waals surface area contributed by atoms with Crippen molar-refractivity contribution in [3.8, 4) is 5.75 Å². The fourth-order valence-electron chi connectivity index (χ4n) is 3.89. The highest BCUT2D eigenvalue weighted by Gasteiger charge is 2.31. The summed E-state index contributed by atoms with van der Waals surface area (Å²) in [6.45, 7) is 2.92. The van der Waals surface area contributed by atoms with Gasteiger partial charge in [0.25, 0.3) is 0 Å². The molecule has 2 heterocycles. The summed E-state index contributed by atoms with van der Waals surface area (Å²) in [6, 6.07) is 15.3. The number of nitrogens with zero attached hydrogens (tertiary/aromatic N) is 1. The van der Waals surface area contributed by atoms with Crippen molar-refractivity contribution in [2.75, 3.05) is 20.2 Å². The molecule has 4 rings (SSSR count). The van der Waals surface area contributed by atoms with Crippen LogP contribution in [0.25, 0.3) is 10.9 Å². The molecule has 0 aliphatic carbocycles. The van der Waals surface area contributed by atoms with Gasteiger partial charge in [-0.1, -0.05) is 18.2 Å². The molecule has 142 valence electrons. The number of para-hydroxylation sites is 1. The Morgan fingerprint density at radius 3 is 2.70 bits per heavy atom. The SMILES string of the molecule is COc1ccc(S(=O)(=O)N2CCCC(c3cc4ccccc4[nH]3)C2)cc1C. The predicted octanol–water partition coefficient (Wildman–Crippen LogP) is 4.05. The number of hydrogen-bond acceptors (Lipinski definition) is 3. The Morgan fingerprint density at radius 2 is 1.96 bits per heavy atom. The number of aromatic amines is 1. The van der Waals surface area contributed by atoms with Gasteiger partial charge in [-0.25, -0.2) is 8.42 Å². The van der Waals surface area contributed by atoms with Crippen LogP contribution >= 0.6 is 0 Å². The van der Waals surface area contributed by atoms with Crippen LogP contribution in [0.3, 0.4) is 0 Å². The zero-order valence-corrected chi connectivity index (χ0v) is 16.4. The van der Waals surface area contributed by atoms with Gasteiger partial charge < -0.3 is 9.72 Å². The van der Waals surface area contributed by atoms with Gasteiger partial charge in [-0.15, -0.1) is 0 Å². The van der Waals surface area contributed by atoms with Crippen LogP contribution in [0.4, 0.5) is 0 Å². The molecule has 0 saturated carbocycles. The molecular formula is C21H24N2O3S. The van der Waals surface area contributed by atoms with E-state index >= 15 is 0 Å². The van der Waals surface area contributed by atoms with E-state index in [1.165, 1.54) is 5.39 Å². The molecule has 0 bridgehead atoms. The van der Waals surface area contributed by atoms with E-state index in [0.29, 0.717) is 23.7 Å². The van der Waals surface area contributed by atoms with E-state index in [1.54, 1.807) is 29.6 Å². The first-order valence-corrected chi connectivity index (χ1v) is 10.7. The largest absolute Gasteiger partial charge is 0.496 e. The van der Waals surface area contributed by atoms with Crippen LogP contribution in [-0.4, -0.2) is 37.9 Å². The molecule has 27 heavy (non-hydrogen) atoms. The van der Waals surface area contributed by atoms with Crippen molar-refractivity contribution in [2.45, 2.75) is 30.6 Å². The van der Waals surface area contributed by atoms with Crippen molar-refractivity contribution in [2.24, 2.45) is 0 Å². The molecule has 3 aromatic rings. The smallest absolute Gasteiger partial charge is 0.243 e. The van der Waals surface area contributed by atoms with Gasteiger partial charge in [-0.2, -0.15) is 4.31 Å². The Bertz CT molecular complexity index is 1040. The van der Waals surface area contributed by atoms with E-state index in [-0.39, 0.29) is 5.92 Å². The number of ether oxygens (including phenoxy) is 1. The quantitative estimate of drug-likeness (QED) is 0.738. The topological polar surface area (TPSA) is 62.4 Å². The van der Waals surface area contributed by atoms with Crippen LogP contribution < -0.4 is 4.74 Å². The minimum Gasteiger partial charge on any atom is -0.496 e. The Hall–Kier alpha value is -2.31. The summed E-state index contributed by atoms with van der Waals surface area (Å²) in [5.41, 5.74) is 3.03. The number of nitrogens with one attached hydrogen (secondary N) is 1. The number of aryl methyl sites for hydroxylation is 1. The van der Waals surface area contributed by atoms with Crippen LogP contribution in [0.15, 0.2) is 53.4 Å². The summed E-state index contributed by atoms with van der Waals surface area (Å²) in [7, 11) is -1.93. The highest BCUT2D eigenvalue weighted by atomic mass is 32.2. The molecule has 0 radical (unpaired) electrons. The van der Waals surface area contributed by atoms with Gasteiger partial charge in [-0.3, -0.25) is 0 Å². The minimum absolute atomic E-state index is 0.181. The maximum atomic E-state index is 13.2. The van der Waals surface area contributed by atoms with Gasteiger partial charge in [0.1, 0.15) is 5.75 Å². The van der Waals surface area contributed by atoms with Crippen molar-refractivity contribution in [3.05, 3.63) is 59.8 Å². The molecule has 2 aromatic carbocycles. The molecule has 1 unspecified atom stereocenters. The lowest BCUT2D eigenvalue weighted by Gasteiger charge is -2.31. The number of piperidine rings is 1. The summed E-state index contributed by atoms with van der Waals surface area (Å²) >= 11 is 0. The molecule has 0 spiro atoms. The average molecular weight is 385 g/mol. The number of fused-ring (bicyclic) bond motifs is 1. The first-order valence-electron chi connectivity index (χ1n) is 9.21. The molecule has 1 N–H and O–H groups in total. The number of sulfonamides is 1. The standard InChI is InChI=1S/C21H24N2O3S/c1-15-12-18(9-10-21(15)26-2)27(24,25)23-11-5-7-17(14-23)20-13-16-6-3-4-8-19(16)22-20/h3-4,6,8-10,12-13,17,22H,5,7,11,14H2,1-2H3. The molecular weight excluding hydrogens is 360 g/mol. The van der Waals surface area contributed by atoms with Gasteiger partial charge in [0.05, 0.1) is 12.0 Å². The lowest BCUT2D eigenvalue weighted by molar-refractivity contribution is 0.313. The Balaban J connectivity index is 1.61. The van der Waals surface area contributed by atoms with E-state index in [2.05, 4.69) is 23.2 Å². The molecule has 1 aromatic heterocycles. The Labute approximate surface area is 160 Å². The van der Waals surface area contributed by atoms with Crippen molar-refractivity contribution >= 4 is 20.9 Å². The number of aromatic nitrogens is 1. The van der Waals surface area contributed by atoms with E-state index in [4.69, 9.17) is 4.74 Å². The first kappa shape index (κ1) is 18.1. The molecule has 1 atom stereocenters. The first-order chi connectivity index (χ1) is 13.0. The van der Waals surface area contributed by atoms with E-state index < -0.39 is 10.0 Å². The van der Waals surface area contributed by atoms with Crippen molar-refractivity contribution in [1.29, 1.82) is 0 Å². The lowest BCUT2D eigenvalue weighted by Crippen LogP contribution is -2.39. The third-order valence-electron chi connectivity index (χ3n) is 5.38. The number of benzene rings is 2. The summed E-state index contributed by atoms with van der Waals surface area (Å²) in [6.07, 6.45) is 1.84. The Kier molecular flexibility index (Phi) is 4.70. The minimum atomic E-state index is -3.52. The summed E-state index contributed by atoms with van der Waals surface area (Å²) in [4.78, 5) is 3.79. The molecule has 1 fully saturated rings. The van der Waals surface area contributed by atoms with Gasteiger partial charge >= 0.3 is 0 Å². The van der Waals surface area contributed by atoms with Crippen molar-refractivity contribution in [1.82, 2.24) is 9.29 Å². The van der Waals surface area contributed by atoms with Gasteiger partial charge in [0.15, 0.2) is 0 Å². The summed E-state index contributed by atoms with van der Waals surface area (Å²) in [5, 5.41) is 1.17. The van der Waals surface area contributed by atoms with E-state index in [1.807, 2.05) is 19.1 Å². The fraction of sp³-hybridized carbons (Fsp3) is 0.333. The molecule has 0 amide bonds. The number of H-pyrrole nitrogens is 1. The normalized spacial score (nSPS) is 18.7. The number of methoxy groups -OCH3 is 1. The van der Waals surface area contributed by atoms with Crippen LogP contribution in [-0.2, 0) is 10.0 Å². The second-order valence-corrected chi connectivity index (χ2v) is 9.08. The molecule has 6 heteroatoms. The molecule has 1 saturated heterocycles. The maximum Gasteiger partial charge on any atom is 0.243 e. The van der Waals surface area contributed by atoms with E-state index in [0.717, 1.165) is 29.6 Å². The van der Waals surface area contributed by atoms with E-state index in [9.17, 15) is 8.42 Å². The monoisotopic (exact) mass is 384 g/mol. The van der Waals surface area contributed by atoms with Crippen LogP contribution in [0.5, 0.6) is 5.75 Å². The van der Waals surface area contributed by atoms with Crippen LogP contribution in [0.1, 0.15) is 30.0 Å². The zero-order chi connectivity index (χ0) is 19.0. The predicted molar refractivity (Wildman–Crippen MR) is 107 cm³/mol. The average Bonchev–Trinajstić information content (AvgIpc) is 3.12. The lowest BCUT2D eigenvalue weighted by atomic mass is 9.96. The van der Waals surface area contributed by atoms with Gasteiger partial charge in [-0.05, 0) is 61.0 Å². The third-order valence-corrected chi connectivity index (χ3v) is 7.24. The Morgan fingerprint density at radius 1 is 1.15 bits per heavy atom. The fourth-order valence-corrected chi connectivity index (χ4v) is 5.50. The second kappa shape index (κ2) is 7.02. The second-order valence-electron chi connectivity index (χ2n) is 7.15. The molecule has 1 aliphatic heterocycles. The van der Waals surface area contributed by atoms with Gasteiger partial charge in [0, 0.05) is 30.2 Å². The van der Waals surface area contributed by atoms with Gasteiger partial charge in [0.2, 0.25) is 10.0 Å². The number of hydrogen-bond donors (Lipinski definition) is 1.